The summed E-state index contributed by atoms with van der Waals surface area (Å²) in [6.45, 7) is 1.88. The highest BCUT2D eigenvalue weighted by Gasteiger charge is 2.31. The van der Waals surface area contributed by atoms with Crippen LogP contribution in [0, 0.1) is 5.92 Å². The molecule has 1 amide bonds. The predicted molar refractivity (Wildman–Crippen MR) is 65.5 cm³/mol. The second-order valence-corrected chi connectivity index (χ2v) is 5.20. The lowest BCUT2D eigenvalue weighted by Gasteiger charge is -2.13. The molecule has 0 saturated heterocycles. The number of hydrogen-bond donors (Lipinski definition) is 2. The van der Waals surface area contributed by atoms with Gasteiger partial charge in [0.15, 0.2) is 0 Å². The van der Waals surface area contributed by atoms with Gasteiger partial charge in [-0.25, -0.2) is 4.79 Å². The Balaban J connectivity index is 2.01. The van der Waals surface area contributed by atoms with Gasteiger partial charge >= 0.3 is 5.97 Å². The maximum atomic E-state index is 12.0. The molecule has 1 aliphatic rings. The number of hydrogen-bond acceptors (Lipinski definition) is 5. The molecule has 1 aromatic heterocycles. The van der Waals surface area contributed by atoms with E-state index in [1.165, 1.54) is 0 Å². The van der Waals surface area contributed by atoms with Crippen LogP contribution >= 0.6 is 11.5 Å². The van der Waals surface area contributed by atoms with E-state index in [1.54, 1.807) is 0 Å². The van der Waals surface area contributed by atoms with E-state index in [2.05, 4.69) is 14.9 Å². The van der Waals surface area contributed by atoms with Crippen molar-refractivity contribution in [3.63, 3.8) is 0 Å². The Hall–Kier alpha value is -1.50. The Labute approximate surface area is 109 Å². The zero-order valence-corrected chi connectivity index (χ0v) is 10.9. The van der Waals surface area contributed by atoms with E-state index in [1.807, 2.05) is 6.92 Å². The van der Waals surface area contributed by atoms with Crippen molar-refractivity contribution in [2.24, 2.45) is 5.92 Å². The first-order valence-electron chi connectivity index (χ1n) is 5.96. The van der Waals surface area contributed by atoms with Crippen LogP contribution < -0.4 is 5.32 Å². The molecule has 1 atom stereocenters. The Morgan fingerprint density at radius 1 is 1.56 bits per heavy atom. The molecule has 2 rings (SSSR count). The fourth-order valence-electron chi connectivity index (χ4n) is 1.74. The Kier molecular flexibility index (Phi) is 3.90. The summed E-state index contributed by atoms with van der Waals surface area (Å²) in [5.41, 5.74) is 0.619. The Morgan fingerprint density at radius 3 is 2.83 bits per heavy atom. The van der Waals surface area contributed by atoms with Gasteiger partial charge < -0.3 is 10.4 Å². The summed E-state index contributed by atoms with van der Waals surface area (Å²) < 4.78 is 3.72. The number of nitrogens with one attached hydrogen (secondary N) is 1. The molecule has 6 nitrogen and oxygen atoms in total. The molecule has 2 N–H and O–H groups in total. The fourth-order valence-corrected chi connectivity index (χ4v) is 2.40. The summed E-state index contributed by atoms with van der Waals surface area (Å²) >= 11 is 1.00. The predicted octanol–water partition coefficient (Wildman–Crippen LogP) is 1.08. The quantitative estimate of drug-likeness (QED) is 0.806. The van der Waals surface area contributed by atoms with Crippen molar-refractivity contribution in [1.82, 2.24) is 14.9 Å². The number of amides is 1. The summed E-state index contributed by atoms with van der Waals surface area (Å²) in [5.74, 6) is -0.919. The minimum Gasteiger partial charge on any atom is -0.480 e. The van der Waals surface area contributed by atoms with Gasteiger partial charge in [0.05, 0.1) is 5.69 Å². The third-order valence-corrected chi connectivity index (χ3v) is 3.73. The van der Waals surface area contributed by atoms with Crippen LogP contribution in [0.15, 0.2) is 0 Å². The molecular weight excluding hydrogens is 254 g/mol. The van der Waals surface area contributed by atoms with Gasteiger partial charge in [0.25, 0.3) is 5.91 Å². The normalized spacial score (nSPS) is 16.3. The minimum absolute atomic E-state index is 0.380. The Morgan fingerprint density at radius 2 is 2.28 bits per heavy atom. The van der Waals surface area contributed by atoms with Crippen LogP contribution in [-0.4, -0.2) is 32.6 Å². The number of carboxylic acid groups (broad SMARTS) is 1. The zero-order valence-electron chi connectivity index (χ0n) is 10.0. The van der Waals surface area contributed by atoms with E-state index in [0.717, 1.165) is 24.4 Å². The molecule has 0 spiro atoms. The summed E-state index contributed by atoms with van der Waals surface area (Å²) in [5, 5.41) is 15.5. The SMILES string of the molecule is CCc1nnsc1C(=O)NC(CC1CC1)C(=O)O. The first kappa shape index (κ1) is 12.9. The second kappa shape index (κ2) is 5.43. The standard InChI is InChI=1S/C11H15N3O3S/c1-2-7-9(18-14-13-7)10(15)12-8(11(16)17)5-6-3-4-6/h6,8H,2-5H2,1H3,(H,12,15)(H,16,17). The van der Waals surface area contributed by atoms with E-state index >= 15 is 0 Å². The summed E-state index contributed by atoms with van der Waals surface area (Å²) in [4.78, 5) is 23.5. The molecule has 1 saturated carbocycles. The fraction of sp³-hybridized carbons (Fsp3) is 0.636. The van der Waals surface area contributed by atoms with Crippen LogP contribution in [0.3, 0.4) is 0 Å². The molecule has 7 heteroatoms. The largest absolute Gasteiger partial charge is 0.480 e. The van der Waals surface area contributed by atoms with E-state index < -0.39 is 12.0 Å². The number of carbonyl (C=O) groups excluding carboxylic acids is 1. The number of rotatable bonds is 6. The molecule has 0 radical (unpaired) electrons. The number of aromatic nitrogens is 2. The van der Waals surface area contributed by atoms with Crippen LogP contribution in [0.2, 0.25) is 0 Å². The maximum Gasteiger partial charge on any atom is 0.326 e. The van der Waals surface area contributed by atoms with Crippen molar-refractivity contribution in [3.8, 4) is 0 Å². The van der Waals surface area contributed by atoms with Crippen molar-refractivity contribution in [2.75, 3.05) is 0 Å². The molecule has 1 aromatic rings. The topological polar surface area (TPSA) is 92.2 Å². The highest BCUT2D eigenvalue weighted by Crippen LogP contribution is 2.33. The van der Waals surface area contributed by atoms with Crippen LogP contribution in [0.4, 0.5) is 0 Å². The Bertz CT molecular complexity index is 456. The van der Waals surface area contributed by atoms with Crippen LogP contribution in [0.5, 0.6) is 0 Å². The van der Waals surface area contributed by atoms with E-state index in [0.29, 0.717) is 29.3 Å². The molecule has 0 aliphatic heterocycles. The number of aryl methyl sites for hydroxylation is 1. The first-order valence-corrected chi connectivity index (χ1v) is 6.74. The van der Waals surface area contributed by atoms with Crippen molar-refractivity contribution in [2.45, 2.75) is 38.6 Å². The number of aliphatic carboxylic acids is 1. The molecule has 0 bridgehead atoms. The van der Waals surface area contributed by atoms with Crippen molar-refractivity contribution < 1.29 is 14.7 Å². The molecule has 1 heterocycles. The summed E-state index contributed by atoms with van der Waals surface area (Å²) in [6, 6.07) is -0.809. The lowest BCUT2D eigenvalue weighted by atomic mass is 10.1. The summed E-state index contributed by atoms with van der Waals surface area (Å²) in [7, 11) is 0. The third-order valence-electron chi connectivity index (χ3n) is 2.97. The van der Waals surface area contributed by atoms with Gasteiger partial charge in [0.1, 0.15) is 10.9 Å². The van der Waals surface area contributed by atoms with Gasteiger partial charge in [-0.05, 0) is 30.3 Å². The third kappa shape index (κ3) is 3.04. The average molecular weight is 269 g/mol. The minimum atomic E-state index is -0.981. The lowest BCUT2D eigenvalue weighted by molar-refractivity contribution is -0.139. The van der Waals surface area contributed by atoms with Crippen LogP contribution in [-0.2, 0) is 11.2 Å². The van der Waals surface area contributed by atoms with Gasteiger partial charge in [-0.3, -0.25) is 4.79 Å². The van der Waals surface area contributed by atoms with Gasteiger partial charge in [-0.2, -0.15) is 0 Å². The molecule has 1 fully saturated rings. The number of carboxylic acids is 1. The molecule has 1 aliphatic carbocycles. The van der Waals surface area contributed by atoms with Gasteiger partial charge in [-0.1, -0.05) is 24.3 Å². The van der Waals surface area contributed by atoms with E-state index in [4.69, 9.17) is 5.11 Å². The van der Waals surface area contributed by atoms with Crippen molar-refractivity contribution >= 4 is 23.4 Å². The second-order valence-electron chi connectivity index (χ2n) is 4.45. The van der Waals surface area contributed by atoms with E-state index in [-0.39, 0.29) is 5.91 Å². The number of nitrogens with zero attached hydrogens (tertiary/aromatic N) is 2. The van der Waals surface area contributed by atoms with Crippen LogP contribution in [0.1, 0.15) is 41.6 Å². The molecule has 98 valence electrons. The molecule has 0 aromatic carbocycles. The number of carbonyl (C=O) groups is 2. The van der Waals surface area contributed by atoms with E-state index in [9.17, 15) is 9.59 Å². The highest BCUT2D eigenvalue weighted by atomic mass is 32.1. The average Bonchev–Trinajstić information content (AvgIpc) is 3.02. The van der Waals surface area contributed by atoms with Gasteiger partial charge in [0.2, 0.25) is 0 Å². The monoisotopic (exact) mass is 269 g/mol. The molecular formula is C11H15N3O3S. The van der Waals surface area contributed by atoms with Crippen molar-refractivity contribution in [1.29, 1.82) is 0 Å². The van der Waals surface area contributed by atoms with Gasteiger partial charge in [0, 0.05) is 0 Å². The summed E-state index contributed by atoms with van der Waals surface area (Å²) in [6.07, 6.45) is 3.23. The maximum absolute atomic E-state index is 12.0. The van der Waals surface area contributed by atoms with Crippen LogP contribution in [0.25, 0.3) is 0 Å². The zero-order chi connectivity index (χ0) is 13.1. The lowest BCUT2D eigenvalue weighted by Crippen LogP contribution is -2.41. The van der Waals surface area contributed by atoms with Crippen molar-refractivity contribution in [3.05, 3.63) is 10.6 Å². The highest BCUT2D eigenvalue weighted by molar-refractivity contribution is 7.08. The molecule has 18 heavy (non-hydrogen) atoms. The first-order chi connectivity index (χ1) is 8.61. The smallest absolute Gasteiger partial charge is 0.326 e. The molecule has 1 unspecified atom stereocenters. The van der Waals surface area contributed by atoms with Gasteiger partial charge in [-0.15, -0.1) is 5.10 Å².